The zero-order chi connectivity index (χ0) is 18.9. The molecule has 0 unspecified atom stereocenters. The van der Waals surface area contributed by atoms with Crippen LogP contribution in [0.5, 0.6) is 0 Å². The number of nitrogens with zero attached hydrogens (tertiary/aromatic N) is 3. The fraction of sp³-hybridized carbons (Fsp3) is 0.478. The number of aryl methyl sites for hydroxylation is 1. The molecule has 0 saturated carbocycles. The first-order valence-electron chi connectivity index (χ1n) is 10.1. The molecular formula is C23H31N3O. The van der Waals surface area contributed by atoms with Gasteiger partial charge in [-0.15, -0.1) is 0 Å². The molecule has 27 heavy (non-hydrogen) atoms. The molecule has 1 atom stereocenters. The van der Waals surface area contributed by atoms with E-state index >= 15 is 0 Å². The Kier molecular flexibility index (Phi) is 7.40. The largest absolute Gasteiger partial charge is 0.342 e. The molecule has 144 valence electrons. The van der Waals surface area contributed by atoms with Crippen molar-refractivity contribution in [3.63, 3.8) is 0 Å². The van der Waals surface area contributed by atoms with Crippen molar-refractivity contribution in [2.45, 2.75) is 32.1 Å². The second-order valence-corrected chi connectivity index (χ2v) is 7.71. The monoisotopic (exact) mass is 365 g/mol. The quantitative estimate of drug-likeness (QED) is 0.719. The molecule has 1 aromatic heterocycles. The van der Waals surface area contributed by atoms with Crippen molar-refractivity contribution in [2.24, 2.45) is 5.92 Å². The third-order valence-electron chi connectivity index (χ3n) is 5.42. The molecule has 1 amide bonds. The molecule has 0 aliphatic carbocycles. The minimum atomic E-state index is 0.267. The molecule has 3 rings (SSSR count). The van der Waals surface area contributed by atoms with E-state index in [0.717, 1.165) is 38.0 Å². The molecule has 4 heteroatoms. The number of carbonyl (C=O) groups is 1. The third-order valence-corrected chi connectivity index (χ3v) is 5.42. The molecule has 0 radical (unpaired) electrons. The van der Waals surface area contributed by atoms with Gasteiger partial charge in [-0.3, -0.25) is 9.78 Å². The van der Waals surface area contributed by atoms with Gasteiger partial charge in [-0.25, -0.2) is 0 Å². The minimum absolute atomic E-state index is 0.267. The van der Waals surface area contributed by atoms with Crippen LogP contribution < -0.4 is 0 Å². The van der Waals surface area contributed by atoms with Gasteiger partial charge in [0.05, 0.1) is 0 Å². The van der Waals surface area contributed by atoms with E-state index in [-0.39, 0.29) is 5.91 Å². The highest BCUT2D eigenvalue weighted by Crippen LogP contribution is 2.18. The van der Waals surface area contributed by atoms with Crippen LogP contribution in [0, 0.1) is 5.92 Å². The lowest BCUT2D eigenvalue weighted by atomic mass is 9.97. The zero-order valence-corrected chi connectivity index (χ0v) is 16.4. The maximum Gasteiger partial charge on any atom is 0.222 e. The van der Waals surface area contributed by atoms with Crippen LogP contribution in [0.2, 0.25) is 0 Å². The molecule has 1 aromatic carbocycles. The number of hydrogen-bond acceptors (Lipinski definition) is 3. The van der Waals surface area contributed by atoms with E-state index in [0.29, 0.717) is 12.3 Å². The van der Waals surface area contributed by atoms with E-state index in [1.165, 1.54) is 24.9 Å². The van der Waals surface area contributed by atoms with Crippen LogP contribution in [0.25, 0.3) is 0 Å². The highest BCUT2D eigenvalue weighted by molar-refractivity contribution is 5.76. The SMILES string of the molecule is CN1CCC[C@@H](CN(CCc2ccccc2)C(=O)CCc2cccnc2)C1. The van der Waals surface area contributed by atoms with E-state index in [1.807, 2.05) is 24.4 Å². The summed E-state index contributed by atoms with van der Waals surface area (Å²) >= 11 is 0. The first kappa shape index (κ1) is 19.6. The van der Waals surface area contributed by atoms with Crippen LogP contribution in [0.3, 0.4) is 0 Å². The summed E-state index contributed by atoms with van der Waals surface area (Å²) in [6.07, 6.45) is 8.33. The zero-order valence-electron chi connectivity index (χ0n) is 16.4. The maximum absolute atomic E-state index is 13.0. The summed E-state index contributed by atoms with van der Waals surface area (Å²) in [5, 5.41) is 0. The molecule has 2 aromatic rings. The third kappa shape index (κ3) is 6.47. The Hall–Kier alpha value is -2.20. The molecule has 1 aliphatic heterocycles. The number of pyridine rings is 1. The summed E-state index contributed by atoms with van der Waals surface area (Å²) in [6, 6.07) is 14.5. The number of carbonyl (C=O) groups excluding carboxylic acids is 1. The van der Waals surface area contributed by atoms with E-state index < -0.39 is 0 Å². The van der Waals surface area contributed by atoms with Crippen LogP contribution in [0.1, 0.15) is 30.4 Å². The lowest BCUT2D eigenvalue weighted by Gasteiger charge is -2.34. The fourth-order valence-corrected chi connectivity index (χ4v) is 3.92. The van der Waals surface area contributed by atoms with Crippen LogP contribution in [-0.2, 0) is 17.6 Å². The predicted molar refractivity (Wildman–Crippen MR) is 110 cm³/mol. The van der Waals surface area contributed by atoms with Gasteiger partial charge in [0, 0.05) is 38.4 Å². The number of likely N-dealkylation sites (tertiary alicyclic amines) is 1. The predicted octanol–water partition coefficient (Wildman–Crippen LogP) is 3.43. The molecule has 1 saturated heterocycles. The summed E-state index contributed by atoms with van der Waals surface area (Å²) in [4.78, 5) is 21.6. The number of amides is 1. The van der Waals surface area contributed by atoms with Crippen LogP contribution in [-0.4, -0.2) is 53.9 Å². The Bertz CT molecular complexity index is 689. The first-order valence-corrected chi connectivity index (χ1v) is 10.1. The molecule has 0 spiro atoms. The standard InChI is InChI=1S/C23H31N3O/c1-25-15-6-10-22(18-25)19-26(16-13-20-7-3-2-4-8-20)23(27)12-11-21-9-5-14-24-17-21/h2-5,7-9,14,17,22H,6,10-13,15-16,18-19H2,1H3/t22-/m1/s1. The lowest BCUT2D eigenvalue weighted by molar-refractivity contribution is -0.132. The summed E-state index contributed by atoms with van der Waals surface area (Å²) in [5.41, 5.74) is 2.43. The fourth-order valence-electron chi connectivity index (χ4n) is 3.92. The minimum Gasteiger partial charge on any atom is -0.342 e. The maximum atomic E-state index is 13.0. The molecule has 2 heterocycles. The van der Waals surface area contributed by atoms with Crippen molar-refractivity contribution in [2.75, 3.05) is 33.2 Å². The average Bonchev–Trinajstić information content (AvgIpc) is 2.71. The Morgan fingerprint density at radius 3 is 2.70 bits per heavy atom. The van der Waals surface area contributed by atoms with E-state index in [1.54, 1.807) is 6.20 Å². The van der Waals surface area contributed by atoms with Crippen molar-refractivity contribution < 1.29 is 4.79 Å². The molecule has 4 nitrogen and oxygen atoms in total. The van der Waals surface area contributed by atoms with Crippen molar-refractivity contribution in [1.29, 1.82) is 0 Å². The van der Waals surface area contributed by atoms with Crippen LogP contribution in [0.4, 0.5) is 0 Å². The number of hydrogen-bond donors (Lipinski definition) is 0. The Balaban J connectivity index is 1.59. The highest BCUT2D eigenvalue weighted by atomic mass is 16.2. The Morgan fingerprint density at radius 1 is 1.15 bits per heavy atom. The van der Waals surface area contributed by atoms with Crippen molar-refractivity contribution in [3.05, 3.63) is 66.0 Å². The average molecular weight is 366 g/mol. The van der Waals surface area contributed by atoms with E-state index in [9.17, 15) is 4.79 Å². The number of piperidine rings is 1. The van der Waals surface area contributed by atoms with Gasteiger partial charge in [0.25, 0.3) is 0 Å². The van der Waals surface area contributed by atoms with Gasteiger partial charge < -0.3 is 9.80 Å². The molecule has 1 fully saturated rings. The summed E-state index contributed by atoms with van der Waals surface area (Å²) in [6.45, 7) is 3.95. The van der Waals surface area contributed by atoms with Gasteiger partial charge in [0.1, 0.15) is 0 Å². The molecule has 0 N–H and O–H groups in total. The second kappa shape index (κ2) is 10.2. The summed E-state index contributed by atoms with van der Waals surface area (Å²) in [7, 11) is 2.19. The Morgan fingerprint density at radius 2 is 1.96 bits per heavy atom. The van der Waals surface area contributed by atoms with Crippen molar-refractivity contribution in [3.8, 4) is 0 Å². The smallest absolute Gasteiger partial charge is 0.222 e. The van der Waals surface area contributed by atoms with Gasteiger partial charge in [0.2, 0.25) is 5.91 Å². The van der Waals surface area contributed by atoms with Gasteiger partial charge >= 0.3 is 0 Å². The topological polar surface area (TPSA) is 36.4 Å². The van der Waals surface area contributed by atoms with Gasteiger partial charge in [0.15, 0.2) is 0 Å². The molecule has 1 aliphatic rings. The summed E-state index contributed by atoms with van der Waals surface area (Å²) < 4.78 is 0. The molecule has 0 bridgehead atoms. The highest BCUT2D eigenvalue weighted by Gasteiger charge is 2.22. The van der Waals surface area contributed by atoms with Crippen LogP contribution in [0.15, 0.2) is 54.9 Å². The first-order chi connectivity index (χ1) is 13.2. The van der Waals surface area contributed by atoms with Gasteiger partial charge in [-0.05, 0) is 62.4 Å². The van der Waals surface area contributed by atoms with Crippen molar-refractivity contribution in [1.82, 2.24) is 14.8 Å². The lowest BCUT2D eigenvalue weighted by Crippen LogP contribution is -2.42. The summed E-state index contributed by atoms with van der Waals surface area (Å²) in [5.74, 6) is 0.852. The molecular weight excluding hydrogens is 334 g/mol. The Labute approximate surface area is 163 Å². The van der Waals surface area contributed by atoms with Gasteiger partial charge in [-0.2, -0.15) is 0 Å². The number of rotatable bonds is 8. The van der Waals surface area contributed by atoms with Crippen molar-refractivity contribution >= 4 is 5.91 Å². The van der Waals surface area contributed by atoms with Gasteiger partial charge in [-0.1, -0.05) is 36.4 Å². The van der Waals surface area contributed by atoms with Crippen LogP contribution >= 0.6 is 0 Å². The number of aromatic nitrogens is 1. The second-order valence-electron chi connectivity index (χ2n) is 7.71. The normalized spacial score (nSPS) is 17.6. The van der Waals surface area contributed by atoms with E-state index in [4.69, 9.17) is 0 Å². The number of benzene rings is 1. The van der Waals surface area contributed by atoms with E-state index in [2.05, 4.69) is 46.1 Å².